The molecule has 0 unspecified atom stereocenters. The van der Waals surface area contributed by atoms with Crippen molar-refractivity contribution in [3.05, 3.63) is 36.4 Å². The molecule has 2 heterocycles. The Morgan fingerprint density at radius 1 is 1.59 bits per heavy atom. The number of nitrogens with one attached hydrogen (secondary N) is 2. The van der Waals surface area contributed by atoms with Gasteiger partial charge in [0.1, 0.15) is 11.5 Å². The average molecular weight is 233 g/mol. The third-order valence-corrected chi connectivity index (χ3v) is 2.48. The van der Waals surface area contributed by atoms with Crippen LogP contribution >= 0.6 is 0 Å². The largest absolute Gasteiger partial charge is 0.351 e. The van der Waals surface area contributed by atoms with E-state index in [4.69, 9.17) is 0 Å². The summed E-state index contributed by atoms with van der Waals surface area (Å²) >= 11 is 0. The maximum Gasteiger partial charge on any atom is 0.269 e. The molecule has 90 valence electrons. The molecule has 6 nitrogen and oxygen atoms in total. The number of amides is 1. The summed E-state index contributed by atoms with van der Waals surface area (Å²) < 4.78 is 1.70. The number of aromatic nitrogens is 4. The molecule has 2 N–H and O–H groups in total. The van der Waals surface area contributed by atoms with Crippen molar-refractivity contribution in [1.29, 1.82) is 0 Å². The fraction of sp³-hybridized carbons (Fsp3) is 0.364. The zero-order valence-corrected chi connectivity index (χ0v) is 9.68. The number of hydrogen-bond donors (Lipinski definition) is 2. The standard InChI is InChI=1S/C11H15N5O/c1-16-8-12-7-9(16)11(17)15-4-2-3-10-13-5-6-14-10/h5-8H,2-4H2,1H3,(H,13,14)(H,15,17). The lowest BCUT2D eigenvalue weighted by Crippen LogP contribution is -2.26. The van der Waals surface area contributed by atoms with Gasteiger partial charge in [-0.15, -0.1) is 0 Å². The molecule has 0 atom stereocenters. The Morgan fingerprint density at radius 3 is 3.12 bits per heavy atom. The molecule has 6 heteroatoms. The van der Waals surface area contributed by atoms with Crippen LogP contribution in [0.2, 0.25) is 0 Å². The summed E-state index contributed by atoms with van der Waals surface area (Å²) in [5.74, 6) is 0.851. The van der Waals surface area contributed by atoms with Gasteiger partial charge in [-0.2, -0.15) is 0 Å². The zero-order chi connectivity index (χ0) is 12.1. The molecule has 17 heavy (non-hydrogen) atoms. The van der Waals surface area contributed by atoms with E-state index in [0.717, 1.165) is 18.7 Å². The number of H-pyrrole nitrogens is 1. The molecule has 0 bridgehead atoms. The van der Waals surface area contributed by atoms with Crippen LogP contribution in [0.1, 0.15) is 22.7 Å². The van der Waals surface area contributed by atoms with Crippen molar-refractivity contribution in [2.75, 3.05) is 6.54 Å². The van der Waals surface area contributed by atoms with E-state index in [9.17, 15) is 4.79 Å². The molecule has 0 fully saturated rings. The minimum Gasteiger partial charge on any atom is -0.351 e. The van der Waals surface area contributed by atoms with Crippen molar-refractivity contribution in [1.82, 2.24) is 24.8 Å². The molecule has 1 amide bonds. The highest BCUT2D eigenvalue weighted by Crippen LogP contribution is 1.97. The van der Waals surface area contributed by atoms with Crippen LogP contribution in [0, 0.1) is 0 Å². The van der Waals surface area contributed by atoms with Gasteiger partial charge in [0.25, 0.3) is 5.91 Å². The lowest BCUT2D eigenvalue weighted by molar-refractivity contribution is 0.0945. The van der Waals surface area contributed by atoms with Gasteiger partial charge in [-0.05, 0) is 6.42 Å². The first-order valence-electron chi connectivity index (χ1n) is 5.50. The first-order valence-corrected chi connectivity index (χ1v) is 5.50. The van der Waals surface area contributed by atoms with Gasteiger partial charge in [-0.25, -0.2) is 9.97 Å². The Hall–Kier alpha value is -2.11. The van der Waals surface area contributed by atoms with E-state index in [-0.39, 0.29) is 5.91 Å². The predicted octanol–water partition coefficient (Wildman–Crippen LogP) is 0.506. The fourth-order valence-electron chi connectivity index (χ4n) is 1.56. The van der Waals surface area contributed by atoms with Gasteiger partial charge < -0.3 is 14.9 Å². The molecule has 0 aromatic carbocycles. The van der Waals surface area contributed by atoms with Crippen molar-refractivity contribution < 1.29 is 4.79 Å². The average Bonchev–Trinajstić information content (AvgIpc) is 2.95. The van der Waals surface area contributed by atoms with Gasteiger partial charge in [-0.1, -0.05) is 0 Å². The smallest absolute Gasteiger partial charge is 0.269 e. The van der Waals surface area contributed by atoms with E-state index in [1.165, 1.54) is 0 Å². The third kappa shape index (κ3) is 2.93. The summed E-state index contributed by atoms with van der Waals surface area (Å²) in [6.07, 6.45) is 8.38. The second-order valence-electron chi connectivity index (χ2n) is 3.79. The molecular weight excluding hydrogens is 218 g/mol. The second-order valence-corrected chi connectivity index (χ2v) is 3.79. The lowest BCUT2D eigenvalue weighted by Gasteiger charge is -2.04. The normalized spacial score (nSPS) is 10.4. The first-order chi connectivity index (χ1) is 8.27. The summed E-state index contributed by atoms with van der Waals surface area (Å²) in [6, 6.07) is 0. The number of carbonyl (C=O) groups is 1. The highest BCUT2D eigenvalue weighted by molar-refractivity contribution is 5.92. The van der Waals surface area contributed by atoms with Gasteiger partial charge in [0.05, 0.1) is 12.5 Å². The maximum absolute atomic E-state index is 11.7. The number of nitrogens with zero attached hydrogens (tertiary/aromatic N) is 3. The minimum atomic E-state index is -0.0931. The molecular formula is C11H15N5O. The van der Waals surface area contributed by atoms with Crippen LogP contribution in [-0.2, 0) is 13.5 Å². The molecule has 0 aliphatic rings. The van der Waals surface area contributed by atoms with Gasteiger partial charge in [-0.3, -0.25) is 4.79 Å². The molecule has 2 aromatic heterocycles. The number of aryl methyl sites for hydroxylation is 2. The summed E-state index contributed by atoms with van der Waals surface area (Å²) in [6.45, 7) is 0.630. The molecule has 0 saturated carbocycles. The first kappa shape index (κ1) is 11.4. The summed E-state index contributed by atoms with van der Waals surface area (Å²) in [5, 5.41) is 2.85. The summed E-state index contributed by atoms with van der Waals surface area (Å²) in [5.41, 5.74) is 0.572. The third-order valence-electron chi connectivity index (χ3n) is 2.48. The van der Waals surface area contributed by atoms with Gasteiger partial charge >= 0.3 is 0 Å². The molecule has 2 aromatic rings. The topological polar surface area (TPSA) is 75.6 Å². The van der Waals surface area contributed by atoms with Crippen molar-refractivity contribution in [2.24, 2.45) is 7.05 Å². The van der Waals surface area contributed by atoms with Crippen molar-refractivity contribution >= 4 is 5.91 Å². The van der Waals surface area contributed by atoms with Crippen LogP contribution in [0.25, 0.3) is 0 Å². The van der Waals surface area contributed by atoms with Gasteiger partial charge in [0, 0.05) is 32.4 Å². The van der Waals surface area contributed by atoms with Crippen molar-refractivity contribution in [3.8, 4) is 0 Å². The predicted molar refractivity (Wildman–Crippen MR) is 62.4 cm³/mol. The van der Waals surface area contributed by atoms with Crippen LogP contribution < -0.4 is 5.32 Å². The van der Waals surface area contributed by atoms with Gasteiger partial charge in [0.15, 0.2) is 0 Å². The molecule has 0 aliphatic heterocycles. The quantitative estimate of drug-likeness (QED) is 0.739. The van der Waals surface area contributed by atoms with Crippen LogP contribution in [-0.4, -0.2) is 32.0 Å². The lowest BCUT2D eigenvalue weighted by atomic mass is 10.3. The summed E-state index contributed by atoms with van der Waals surface area (Å²) in [7, 11) is 1.80. The van der Waals surface area contributed by atoms with Crippen LogP contribution in [0.5, 0.6) is 0 Å². The Morgan fingerprint density at radius 2 is 2.47 bits per heavy atom. The fourth-order valence-corrected chi connectivity index (χ4v) is 1.56. The Kier molecular flexibility index (Phi) is 3.54. The van der Waals surface area contributed by atoms with E-state index < -0.39 is 0 Å². The SMILES string of the molecule is Cn1cncc1C(=O)NCCCc1ncc[nH]1. The highest BCUT2D eigenvalue weighted by Gasteiger charge is 2.08. The van der Waals surface area contributed by atoms with E-state index in [1.807, 2.05) is 0 Å². The Labute approximate surface area is 99.1 Å². The van der Waals surface area contributed by atoms with Crippen molar-refractivity contribution in [3.63, 3.8) is 0 Å². The van der Waals surface area contributed by atoms with Gasteiger partial charge in [0.2, 0.25) is 0 Å². The molecule has 2 rings (SSSR count). The highest BCUT2D eigenvalue weighted by atomic mass is 16.1. The molecule has 0 spiro atoms. The minimum absolute atomic E-state index is 0.0931. The monoisotopic (exact) mass is 233 g/mol. The molecule has 0 saturated heterocycles. The number of imidazole rings is 2. The number of rotatable bonds is 5. The van der Waals surface area contributed by atoms with Crippen LogP contribution in [0.3, 0.4) is 0 Å². The van der Waals surface area contributed by atoms with E-state index in [2.05, 4.69) is 20.3 Å². The van der Waals surface area contributed by atoms with E-state index >= 15 is 0 Å². The Balaban J connectivity index is 1.72. The zero-order valence-electron chi connectivity index (χ0n) is 9.68. The summed E-state index contributed by atoms with van der Waals surface area (Å²) in [4.78, 5) is 22.7. The molecule has 0 radical (unpaired) electrons. The maximum atomic E-state index is 11.7. The van der Waals surface area contributed by atoms with E-state index in [0.29, 0.717) is 12.2 Å². The van der Waals surface area contributed by atoms with Crippen molar-refractivity contribution in [2.45, 2.75) is 12.8 Å². The Bertz CT molecular complexity index is 474. The number of aromatic amines is 1. The van der Waals surface area contributed by atoms with Crippen LogP contribution in [0.15, 0.2) is 24.9 Å². The second kappa shape index (κ2) is 5.29. The van der Waals surface area contributed by atoms with E-state index in [1.54, 1.807) is 36.5 Å². The van der Waals surface area contributed by atoms with Crippen LogP contribution in [0.4, 0.5) is 0 Å². The number of carbonyl (C=O) groups excluding carboxylic acids is 1. The molecule has 0 aliphatic carbocycles. The number of hydrogen-bond acceptors (Lipinski definition) is 3.